The molecule has 0 saturated carbocycles. The lowest BCUT2D eigenvalue weighted by atomic mass is 10.0. The Balaban J connectivity index is 1.20. The molecule has 0 N–H and O–H groups in total. The zero-order valence-electron chi connectivity index (χ0n) is 30.9. The van der Waals surface area contributed by atoms with Crippen LogP contribution in [0.4, 0.5) is 0 Å². The quantitative estimate of drug-likeness (QED) is 0.0696. The number of ether oxygens (including phenoxy) is 2. The van der Waals surface area contributed by atoms with Crippen LogP contribution < -0.4 is 0 Å². The minimum Gasteiger partial charge on any atom is -0.487 e. The van der Waals surface area contributed by atoms with Crippen LogP contribution in [0.3, 0.4) is 0 Å². The molecular weight excluding hydrogens is 597 g/mol. The second-order valence-corrected chi connectivity index (χ2v) is 15.1. The van der Waals surface area contributed by atoms with E-state index in [9.17, 15) is 0 Å². The summed E-state index contributed by atoms with van der Waals surface area (Å²) >= 11 is 1.66. The van der Waals surface area contributed by atoms with Gasteiger partial charge in [0.25, 0.3) is 0 Å². The molecule has 0 bridgehead atoms. The molecule has 0 aliphatic heterocycles. The molecule has 3 rings (SSSR count). The highest BCUT2D eigenvalue weighted by atomic mass is 32.1. The Morgan fingerprint density at radius 3 is 0.915 bits per heavy atom. The van der Waals surface area contributed by atoms with Gasteiger partial charge in [0, 0.05) is 10.8 Å². The third-order valence-electron chi connectivity index (χ3n) is 9.94. The molecule has 47 heavy (non-hydrogen) atoms. The fraction of sp³-hybridized carbons (Fsp3) is 0.810. The van der Waals surface area contributed by atoms with Gasteiger partial charge in [-0.25, -0.2) is 9.97 Å². The van der Waals surface area contributed by atoms with Crippen LogP contribution in [0.15, 0.2) is 10.8 Å². The maximum absolute atomic E-state index is 6.29. The SMILES string of the molecule is CCCCCCCCCCCCCCCCCOC1=C(OCCCCCCCCCCCCCCCCC)c2nc3cscc3nc21. The van der Waals surface area contributed by atoms with E-state index in [-0.39, 0.29) is 0 Å². The average molecular weight is 669 g/mol. The first-order valence-electron chi connectivity index (χ1n) is 20.6. The number of hydrogen-bond acceptors (Lipinski definition) is 5. The smallest absolute Gasteiger partial charge is 0.191 e. The van der Waals surface area contributed by atoms with Crippen LogP contribution in [-0.2, 0) is 9.47 Å². The molecule has 0 fully saturated rings. The molecule has 268 valence electrons. The molecule has 2 aromatic heterocycles. The van der Waals surface area contributed by atoms with Crippen molar-refractivity contribution in [2.24, 2.45) is 0 Å². The Morgan fingerprint density at radius 2 is 0.638 bits per heavy atom. The number of fused-ring (bicyclic) bond motifs is 2. The molecule has 5 heteroatoms. The van der Waals surface area contributed by atoms with Gasteiger partial charge in [0.1, 0.15) is 22.4 Å². The van der Waals surface area contributed by atoms with E-state index in [1.165, 1.54) is 180 Å². The molecule has 1 aliphatic rings. The predicted octanol–water partition coefficient (Wildman–Crippen LogP) is 14.6. The fourth-order valence-electron chi connectivity index (χ4n) is 6.83. The molecule has 2 heterocycles. The van der Waals surface area contributed by atoms with Crippen molar-refractivity contribution in [3.63, 3.8) is 0 Å². The van der Waals surface area contributed by atoms with Crippen molar-refractivity contribution in [1.29, 1.82) is 0 Å². The second-order valence-electron chi connectivity index (χ2n) is 14.3. The molecule has 1 aliphatic carbocycles. The second kappa shape index (κ2) is 27.2. The lowest BCUT2D eigenvalue weighted by Gasteiger charge is -2.25. The van der Waals surface area contributed by atoms with Crippen molar-refractivity contribution >= 4 is 33.9 Å². The number of thiophene rings is 1. The summed E-state index contributed by atoms with van der Waals surface area (Å²) < 4.78 is 12.6. The largest absolute Gasteiger partial charge is 0.487 e. The number of rotatable bonds is 34. The summed E-state index contributed by atoms with van der Waals surface area (Å²) in [4.78, 5) is 9.71. The molecule has 4 nitrogen and oxygen atoms in total. The van der Waals surface area contributed by atoms with Crippen LogP contribution in [-0.4, -0.2) is 23.2 Å². The third kappa shape index (κ3) is 17.0. The van der Waals surface area contributed by atoms with Crippen LogP contribution >= 0.6 is 11.3 Å². The van der Waals surface area contributed by atoms with E-state index in [1.54, 1.807) is 11.3 Å². The summed E-state index contributed by atoms with van der Waals surface area (Å²) in [6, 6.07) is 0. The zero-order chi connectivity index (χ0) is 33.0. The van der Waals surface area contributed by atoms with E-state index < -0.39 is 0 Å². The molecule has 0 spiro atoms. The third-order valence-corrected chi connectivity index (χ3v) is 10.7. The van der Waals surface area contributed by atoms with Crippen molar-refractivity contribution in [2.75, 3.05) is 13.2 Å². The Morgan fingerprint density at radius 1 is 0.383 bits per heavy atom. The van der Waals surface area contributed by atoms with Gasteiger partial charge in [0.15, 0.2) is 11.5 Å². The minimum atomic E-state index is 0.738. The van der Waals surface area contributed by atoms with Crippen LogP contribution in [0.1, 0.15) is 218 Å². The minimum absolute atomic E-state index is 0.738. The van der Waals surface area contributed by atoms with Crippen molar-refractivity contribution in [1.82, 2.24) is 9.97 Å². The van der Waals surface area contributed by atoms with E-state index in [4.69, 9.17) is 19.4 Å². The van der Waals surface area contributed by atoms with Crippen molar-refractivity contribution in [3.8, 4) is 0 Å². The van der Waals surface area contributed by atoms with Gasteiger partial charge in [-0.3, -0.25) is 0 Å². The van der Waals surface area contributed by atoms with E-state index >= 15 is 0 Å². The summed E-state index contributed by atoms with van der Waals surface area (Å²) in [7, 11) is 0. The van der Waals surface area contributed by atoms with Crippen LogP contribution in [0.2, 0.25) is 0 Å². The number of aromatic nitrogens is 2. The number of nitrogens with zero attached hydrogens (tertiary/aromatic N) is 2. The topological polar surface area (TPSA) is 44.2 Å². The normalized spacial score (nSPS) is 12.6. The average Bonchev–Trinajstić information content (AvgIpc) is 3.55. The van der Waals surface area contributed by atoms with Crippen LogP contribution in [0.25, 0.3) is 22.6 Å². The summed E-state index contributed by atoms with van der Waals surface area (Å²) in [6.45, 7) is 6.07. The Bertz CT molecular complexity index is 984. The van der Waals surface area contributed by atoms with Crippen molar-refractivity contribution in [3.05, 3.63) is 22.1 Å². The summed E-state index contributed by atoms with van der Waals surface area (Å²) in [6.07, 6.45) is 41.3. The van der Waals surface area contributed by atoms with E-state index in [2.05, 4.69) is 24.6 Å². The molecule has 0 aromatic carbocycles. The fourth-order valence-corrected chi connectivity index (χ4v) is 7.50. The monoisotopic (exact) mass is 669 g/mol. The standard InChI is InChI=1S/C42H72N2O2S/c1-3-5-7-9-11-13-15-17-19-21-23-25-27-29-31-33-45-41-39-40(44-38-36-47-35-37(38)43-39)42(41)46-34-32-30-28-26-24-22-20-18-16-14-12-10-8-6-4-2/h35-36H,3-34H2,1-2H3. The molecule has 0 radical (unpaired) electrons. The van der Waals surface area contributed by atoms with Gasteiger partial charge in [-0.05, 0) is 12.8 Å². The summed E-state index contributed by atoms with van der Waals surface area (Å²) in [5, 5.41) is 4.15. The highest BCUT2D eigenvalue weighted by Gasteiger charge is 2.34. The molecular formula is C42H72N2O2S. The molecule has 2 aromatic rings. The Hall–Kier alpha value is -1.62. The van der Waals surface area contributed by atoms with Gasteiger partial charge in [-0.2, -0.15) is 0 Å². The van der Waals surface area contributed by atoms with Gasteiger partial charge in [-0.1, -0.05) is 194 Å². The van der Waals surface area contributed by atoms with Crippen LogP contribution in [0.5, 0.6) is 0 Å². The number of hydrogen-bond donors (Lipinski definition) is 0. The molecule has 0 atom stereocenters. The van der Waals surface area contributed by atoms with E-state index in [0.29, 0.717) is 0 Å². The van der Waals surface area contributed by atoms with Gasteiger partial charge in [0.2, 0.25) is 0 Å². The van der Waals surface area contributed by atoms with Gasteiger partial charge in [0.05, 0.1) is 13.2 Å². The first-order chi connectivity index (χ1) is 23.3. The maximum Gasteiger partial charge on any atom is 0.191 e. The number of unbranched alkanes of at least 4 members (excludes halogenated alkanes) is 28. The molecule has 0 saturated heterocycles. The van der Waals surface area contributed by atoms with Gasteiger partial charge in [-0.15, -0.1) is 11.3 Å². The van der Waals surface area contributed by atoms with Gasteiger partial charge >= 0.3 is 0 Å². The van der Waals surface area contributed by atoms with Crippen LogP contribution in [0, 0.1) is 0 Å². The Kier molecular flexibility index (Phi) is 23.1. The van der Waals surface area contributed by atoms with Crippen molar-refractivity contribution in [2.45, 2.75) is 206 Å². The van der Waals surface area contributed by atoms with Gasteiger partial charge < -0.3 is 9.47 Å². The predicted molar refractivity (Wildman–Crippen MR) is 206 cm³/mol. The molecule has 0 unspecified atom stereocenters. The summed E-state index contributed by atoms with van der Waals surface area (Å²) in [5.41, 5.74) is 3.71. The lowest BCUT2D eigenvalue weighted by molar-refractivity contribution is 0.224. The highest BCUT2D eigenvalue weighted by molar-refractivity contribution is 7.09. The van der Waals surface area contributed by atoms with E-state index in [0.717, 1.165) is 60.0 Å². The molecule has 0 amide bonds. The lowest BCUT2D eigenvalue weighted by Crippen LogP contribution is -2.17. The van der Waals surface area contributed by atoms with E-state index in [1.807, 2.05) is 0 Å². The zero-order valence-corrected chi connectivity index (χ0v) is 31.7. The first-order valence-corrected chi connectivity index (χ1v) is 21.5. The summed E-state index contributed by atoms with van der Waals surface area (Å²) in [5.74, 6) is 1.68. The highest BCUT2D eigenvalue weighted by Crippen LogP contribution is 2.41. The first kappa shape index (κ1) is 39.8. The Labute approximate surface area is 294 Å². The van der Waals surface area contributed by atoms with Crippen molar-refractivity contribution < 1.29 is 9.47 Å². The maximum atomic E-state index is 6.29.